The van der Waals surface area contributed by atoms with E-state index in [9.17, 15) is 4.39 Å². The summed E-state index contributed by atoms with van der Waals surface area (Å²) >= 11 is 5.74. The molecule has 19 heavy (non-hydrogen) atoms. The molecular formula is C14H21ClFN3. The number of hydrogen-bond acceptors (Lipinski definition) is 3. The molecule has 5 heteroatoms. The topological polar surface area (TPSA) is 18.5 Å². The van der Waals surface area contributed by atoms with Crippen LogP contribution in [0, 0.1) is 5.82 Å². The summed E-state index contributed by atoms with van der Waals surface area (Å²) < 4.78 is 13.6. The lowest BCUT2D eigenvalue weighted by Gasteiger charge is -2.37. The van der Waals surface area contributed by atoms with E-state index in [0.717, 1.165) is 26.2 Å². The molecule has 1 atom stereocenters. The lowest BCUT2D eigenvalue weighted by atomic mass is 10.1. The molecule has 2 rings (SSSR count). The molecule has 0 aliphatic carbocycles. The van der Waals surface area contributed by atoms with E-state index >= 15 is 0 Å². The molecule has 1 aliphatic heterocycles. The highest BCUT2D eigenvalue weighted by Crippen LogP contribution is 2.14. The van der Waals surface area contributed by atoms with Gasteiger partial charge in [-0.15, -0.1) is 0 Å². The summed E-state index contributed by atoms with van der Waals surface area (Å²) in [6, 6.07) is 5.30. The third-order valence-corrected chi connectivity index (χ3v) is 3.93. The van der Waals surface area contributed by atoms with Gasteiger partial charge in [0.05, 0.1) is 0 Å². The molecule has 0 aromatic heterocycles. The zero-order valence-electron chi connectivity index (χ0n) is 11.5. The first kappa shape index (κ1) is 14.7. The minimum absolute atomic E-state index is 0.242. The van der Waals surface area contributed by atoms with E-state index < -0.39 is 0 Å². The van der Waals surface area contributed by atoms with Crippen molar-refractivity contribution in [3.8, 4) is 0 Å². The Balaban J connectivity index is 1.82. The number of benzene rings is 1. The van der Waals surface area contributed by atoms with Crippen LogP contribution in [0.1, 0.15) is 5.56 Å². The van der Waals surface area contributed by atoms with E-state index in [2.05, 4.69) is 29.2 Å². The minimum Gasteiger partial charge on any atom is -0.311 e. The summed E-state index contributed by atoms with van der Waals surface area (Å²) in [6.07, 6.45) is 0. The van der Waals surface area contributed by atoms with Gasteiger partial charge in [-0.2, -0.15) is 0 Å². The summed E-state index contributed by atoms with van der Waals surface area (Å²) in [5, 5.41) is 3.77. The Morgan fingerprint density at radius 3 is 2.89 bits per heavy atom. The molecule has 0 saturated carbocycles. The second-order valence-corrected chi connectivity index (χ2v) is 5.70. The fourth-order valence-corrected chi connectivity index (χ4v) is 2.52. The van der Waals surface area contributed by atoms with Crippen molar-refractivity contribution >= 4 is 11.6 Å². The number of likely N-dealkylation sites (N-methyl/N-ethyl adjacent to an activating group) is 2. The molecule has 3 nitrogen and oxygen atoms in total. The predicted molar refractivity (Wildman–Crippen MR) is 77.0 cm³/mol. The maximum Gasteiger partial charge on any atom is 0.129 e. The van der Waals surface area contributed by atoms with Crippen LogP contribution in [0.15, 0.2) is 18.2 Å². The van der Waals surface area contributed by atoms with Crippen molar-refractivity contribution in [2.75, 3.05) is 40.3 Å². The molecule has 0 amide bonds. The zero-order chi connectivity index (χ0) is 13.8. The maximum absolute atomic E-state index is 13.6. The van der Waals surface area contributed by atoms with Gasteiger partial charge in [-0.3, -0.25) is 4.90 Å². The Kier molecular flexibility index (Phi) is 5.16. The van der Waals surface area contributed by atoms with E-state index in [1.807, 2.05) is 0 Å². The Morgan fingerprint density at radius 1 is 1.37 bits per heavy atom. The van der Waals surface area contributed by atoms with Crippen LogP contribution in [-0.4, -0.2) is 56.1 Å². The van der Waals surface area contributed by atoms with Crippen LogP contribution >= 0.6 is 11.6 Å². The van der Waals surface area contributed by atoms with Gasteiger partial charge >= 0.3 is 0 Å². The van der Waals surface area contributed by atoms with Crippen molar-refractivity contribution < 1.29 is 4.39 Å². The van der Waals surface area contributed by atoms with Crippen molar-refractivity contribution in [3.05, 3.63) is 34.6 Å². The second-order valence-electron chi connectivity index (χ2n) is 5.26. The number of piperazine rings is 1. The van der Waals surface area contributed by atoms with Gasteiger partial charge in [0.1, 0.15) is 5.82 Å². The number of nitrogens with one attached hydrogen (secondary N) is 1. The number of halogens is 2. The van der Waals surface area contributed by atoms with Crippen molar-refractivity contribution in [2.45, 2.75) is 12.6 Å². The smallest absolute Gasteiger partial charge is 0.129 e. The molecule has 1 aromatic carbocycles. The first-order chi connectivity index (χ1) is 9.06. The largest absolute Gasteiger partial charge is 0.311 e. The molecule has 0 bridgehead atoms. The quantitative estimate of drug-likeness (QED) is 0.910. The Hall–Kier alpha value is -0.680. The van der Waals surface area contributed by atoms with Crippen molar-refractivity contribution in [1.29, 1.82) is 0 Å². The van der Waals surface area contributed by atoms with Crippen molar-refractivity contribution in [3.63, 3.8) is 0 Å². The van der Waals surface area contributed by atoms with Crippen molar-refractivity contribution in [1.82, 2.24) is 15.1 Å². The van der Waals surface area contributed by atoms with Gasteiger partial charge in [0.25, 0.3) is 0 Å². The van der Waals surface area contributed by atoms with Gasteiger partial charge in [0.15, 0.2) is 0 Å². The Bertz CT molecular complexity index is 427. The average Bonchev–Trinajstić information content (AvgIpc) is 2.36. The van der Waals surface area contributed by atoms with Crippen LogP contribution < -0.4 is 5.32 Å². The second kappa shape index (κ2) is 6.66. The lowest BCUT2D eigenvalue weighted by Crippen LogP contribution is -2.53. The molecule has 106 valence electrons. The van der Waals surface area contributed by atoms with Crippen LogP contribution in [0.5, 0.6) is 0 Å². The summed E-state index contributed by atoms with van der Waals surface area (Å²) in [6.45, 7) is 4.64. The van der Waals surface area contributed by atoms with E-state index in [0.29, 0.717) is 23.2 Å². The van der Waals surface area contributed by atoms with Crippen LogP contribution in [0.25, 0.3) is 0 Å². The maximum atomic E-state index is 13.6. The van der Waals surface area contributed by atoms with Crippen LogP contribution in [-0.2, 0) is 6.54 Å². The van der Waals surface area contributed by atoms with Gasteiger partial charge in [0.2, 0.25) is 0 Å². The molecule has 1 heterocycles. The Labute approximate surface area is 119 Å². The number of hydrogen-bond donors (Lipinski definition) is 1. The summed E-state index contributed by atoms with van der Waals surface area (Å²) in [7, 11) is 4.28. The van der Waals surface area contributed by atoms with Gasteiger partial charge in [-0.1, -0.05) is 17.7 Å². The molecule has 1 N–H and O–H groups in total. The van der Waals surface area contributed by atoms with Gasteiger partial charge in [0, 0.05) is 49.4 Å². The molecular weight excluding hydrogens is 265 g/mol. The summed E-state index contributed by atoms with van der Waals surface area (Å²) in [4.78, 5) is 4.68. The molecule has 0 radical (unpaired) electrons. The molecule has 1 aromatic rings. The average molecular weight is 286 g/mol. The first-order valence-corrected chi connectivity index (χ1v) is 6.97. The number of nitrogens with zero attached hydrogens (tertiary/aromatic N) is 2. The van der Waals surface area contributed by atoms with Gasteiger partial charge in [-0.05, 0) is 26.2 Å². The van der Waals surface area contributed by atoms with Gasteiger partial charge in [-0.25, -0.2) is 4.39 Å². The monoisotopic (exact) mass is 285 g/mol. The molecule has 1 unspecified atom stereocenters. The SMILES string of the molecule is CN1CCN(C)C(CNCc2ccc(Cl)cc2F)C1. The van der Waals surface area contributed by atoms with Crippen LogP contribution in [0.3, 0.4) is 0 Å². The summed E-state index contributed by atoms with van der Waals surface area (Å²) in [5.41, 5.74) is 0.663. The molecule has 1 aliphatic rings. The molecule has 1 saturated heterocycles. The third-order valence-electron chi connectivity index (χ3n) is 3.69. The van der Waals surface area contributed by atoms with E-state index in [4.69, 9.17) is 11.6 Å². The molecule has 0 spiro atoms. The number of rotatable bonds is 4. The van der Waals surface area contributed by atoms with Crippen LogP contribution in [0.2, 0.25) is 5.02 Å². The highest BCUT2D eigenvalue weighted by molar-refractivity contribution is 6.30. The third kappa shape index (κ3) is 4.14. The highest BCUT2D eigenvalue weighted by Gasteiger charge is 2.21. The van der Waals surface area contributed by atoms with E-state index in [1.54, 1.807) is 12.1 Å². The predicted octanol–water partition coefficient (Wildman–Crippen LogP) is 1.81. The fourth-order valence-electron chi connectivity index (χ4n) is 2.36. The Morgan fingerprint density at radius 2 is 2.16 bits per heavy atom. The fraction of sp³-hybridized carbons (Fsp3) is 0.571. The van der Waals surface area contributed by atoms with Crippen LogP contribution in [0.4, 0.5) is 4.39 Å². The first-order valence-electron chi connectivity index (χ1n) is 6.59. The zero-order valence-corrected chi connectivity index (χ0v) is 12.3. The molecule has 1 fully saturated rings. The van der Waals surface area contributed by atoms with Gasteiger partial charge < -0.3 is 10.2 Å². The minimum atomic E-state index is -0.242. The lowest BCUT2D eigenvalue weighted by molar-refractivity contribution is 0.113. The van der Waals surface area contributed by atoms with E-state index in [-0.39, 0.29) is 5.82 Å². The normalized spacial score (nSPS) is 21.8. The van der Waals surface area contributed by atoms with E-state index in [1.165, 1.54) is 6.07 Å². The standard InChI is InChI=1S/C14H21ClFN3/c1-18-5-6-19(2)13(10-18)9-17-8-11-3-4-12(15)7-14(11)16/h3-4,7,13,17H,5-6,8-10H2,1-2H3. The summed E-state index contributed by atoms with van der Waals surface area (Å²) in [5.74, 6) is -0.242. The highest BCUT2D eigenvalue weighted by atomic mass is 35.5. The van der Waals surface area contributed by atoms with Crippen molar-refractivity contribution in [2.24, 2.45) is 0 Å².